The number of aromatic nitrogens is 1. The van der Waals surface area contributed by atoms with Gasteiger partial charge in [-0.05, 0) is 31.4 Å². The molecule has 0 bridgehead atoms. The molecular weight excluding hydrogens is 302 g/mol. The number of rotatable bonds is 8. The van der Waals surface area contributed by atoms with E-state index >= 15 is 0 Å². The summed E-state index contributed by atoms with van der Waals surface area (Å²) < 4.78 is 1.26. The number of hydrogen-bond acceptors (Lipinski definition) is 4. The summed E-state index contributed by atoms with van der Waals surface area (Å²) in [6.45, 7) is 3.48. The number of aryl methyl sites for hydroxylation is 1. The summed E-state index contributed by atoms with van der Waals surface area (Å²) in [5.41, 5.74) is 5.43. The third-order valence-electron chi connectivity index (χ3n) is 3.42. The van der Waals surface area contributed by atoms with E-state index in [0.717, 1.165) is 5.56 Å². The lowest BCUT2D eigenvalue weighted by Gasteiger charge is -2.21. The maximum atomic E-state index is 12.3. The van der Waals surface area contributed by atoms with Gasteiger partial charge >= 0.3 is 5.97 Å². The van der Waals surface area contributed by atoms with Gasteiger partial charge in [-0.1, -0.05) is 6.92 Å². The first kappa shape index (κ1) is 18.4. The highest BCUT2D eigenvalue weighted by molar-refractivity contribution is 5.86. The highest BCUT2D eigenvalue weighted by atomic mass is 16.4. The largest absolute Gasteiger partial charge is 0.480 e. The standard InChI is InChI=1S/C15H21N3O5/c1-3-11(18-7-6-9(2)8-13(18)20)14(21)17-10(15(22)23)4-5-12(16)19/h6-8,10-11H,3-5H2,1-2H3,(H2,16,19)(H,17,21)(H,22,23). The van der Waals surface area contributed by atoms with Crippen molar-refractivity contribution in [3.8, 4) is 0 Å². The molecule has 0 aliphatic heterocycles. The number of aliphatic carboxylic acids is 1. The van der Waals surface area contributed by atoms with E-state index in [0.29, 0.717) is 6.42 Å². The molecule has 1 aromatic heterocycles. The summed E-state index contributed by atoms with van der Waals surface area (Å²) in [5.74, 6) is -2.49. The van der Waals surface area contributed by atoms with Crippen LogP contribution in [0.5, 0.6) is 0 Å². The van der Waals surface area contributed by atoms with Gasteiger partial charge in [0.1, 0.15) is 12.1 Å². The van der Waals surface area contributed by atoms with Gasteiger partial charge in [0.2, 0.25) is 11.8 Å². The second kappa shape index (κ2) is 8.11. The van der Waals surface area contributed by atoms with Crippen LogP contribution in [-0.4, -0.2) is 33.5 Å². The Labute approximate surface area is 133 Å². The van der Waals surface area contributed by atoms with Gasteiger partial charge in [-0.2, -0.15) is 0 Å². The van der Waals surface area contributed by atoms with Crippen LogP contribution in [0.3, 0.4) is 0 Å². The van der Waals surface area contributed by atoms with E-state index < -0.39 is 29.9 Å². The molecule has 1 heterocycles. The molecule has 0 fully saturated rings. The van der Waals surface area contributed by atoms with Gasteiger partial charge in [-0.15, -0.1) is 0 Å². The van der Waals surface area contributed by atoms with Crippen LogP contribution in [0, 0.1) is 6.92 Å². The Morgan fingerprint density at radius 1 is 1.39 bits per heavy atom. The predicted octanol–water partition coefficient (Wildman–Crippen LogP) is -0.0573. The molecule has 23 heavy (non-hydrogen) atoms. The number of nitrogens with one attached hydrogen (secondary N) is 1. The van der Waals surface area contributed by atoms with Crippen molar-refractivity contribution >= 4 is 17.8 Å². The number of primary amides is 1. The second-order valence-corrected chi connectivity index (χ2v) is 5.28. The number of nitrogens with zero attached hydrogens (tertiary/aromatic N) is 1. The normalized spacial score (nSPS) is 13.1. The molecule has 2 atom stereocenters. The fourth-order valence-corrected chi connectivity index (χ4v) is 2.17. The minimum absolute atomic E-state index is 0.102. The lowest BCUT2D eigenvalue weighted by Crippen LogP contribution is -2.45. The second-order valence-electron chi connectivity index (χ2n) is 5.28. The van der Waals surface area contributed by atoms with Crippen LogP contribution in [0.4, 0.5) is 0 Å². The van der Waals surface area contributed by atoms with E-state index in [-0.39, 0.29) is 18.4 Å². The summed E-state index contributed by atoms with van der Waals surface area (Å²) in [5, 5.41) is 11.5. The molecule has 4 N–H and O–H groups in total. The summed E-state index contributed by atoms with van der Waals surface area (Å²) in [6, 6.07) is 1.04. The lowest BCUT2D eigenvalue weighted by atomic mass is 10.1. The van der Waals surface area contributed by atoms with Crippen molar-refractivity contribution in [1.82, 2.24) is 9.88 Å². The summed E-state index contributed by atoms with van der Waals surface area (Å²) in [6.07, 6.45) is 1.57. The molecule has 1 aromatic rings. The van der Waals surface area contributed by atoms with Crippen molar-refractivity contribution < 1.29 is 19.5 Å². The van der Waals surface area contributed by atoms with Gasteiger partial charge in [0.25, 0.3) is 5.56 Å². The van der Waals surface area contributed by atoms with E-state index in [1.165, 1.54) is 16.8 Å². The molecule has 2 amide bonds. The van der Waals surface area contributed by atoms with Crippen molar-refractivity contribution in [3.63, 3.8) is 0 Å². The van der Waals surface area contributed by atoms with Gasteiger partial charge in [0, 0.05) is 18.7 Å². The van der Waals surface area contributed by atoms with Crippen molar-refractivity contribution in [3.05, 3.63) is 34.2 Å². The van der Waals surface area contributed by atoms with Gasteiger partial charge < -0.3 is 20.7 Å². The highest BCUT2D eigenvalue weighted by Gasteiger charge is 2.26. The quantitative estimate of drug-likeness (QED) is 0.617. The number of carbonyl (C=O) groups excluding carboxylic acids is 2. The number of nitrogens with two attached hydrogens (primary N) is 1. The van der Waals surface area contributed by atoms with Crippen LogP contribution in [-0.2, 0) is 14.4 Å². The number of carbonyl (C=O) groups is 3. The molecule has 0 aliphatic carbocycles. The first-order valence-electron chi connectivity index (χ1n) is 7.26. The fourth-order valence-electron chi connectivity index (χ4n) is 2.17. The van der Waals surface area contributed by atoms with Crippen molar-refractivity contribution in [2.24, 2.45) is 5.73 Å². The lowest BCUT2D eigenvalue weighted by molar-refractivity contribution is -0.142. The topological polar surface area (TPSA) is 131 Å². The average molecular weight is 323 g/mol. The predicted molar refractivity (Wildman–Crippen MR) is 82.8 cm³/mol. The monoisotopic (exact) mass is 323 g/mol. The van der Waals surface area contributed by atoms with Gasteiger partial charge in [0.05, 0.1) is 0 Å². The number of amides is 2. The molecule has 0 saturated carbocycles. The van der Waals surface area contributed by atoms with Crippen molar-refractivity contribution in [1.29, 1.82) is 0 Å². The SMILES string of the molecule is CCC(C(=O)NC(CCC(N)=O)C(=O)O)n1ccc(C)cc1=O. The van der Waals surface area contributed by atoms with E-state index in [2.05, 4.69) is 5.32 Å². The zero-order valence-electron chi connectivity index (χ0n) is 13.1. The molecule has 8 nitrogen and oxygen atoms in total. The average Bonchev–Trinajstić information content (AvgIpc) is 2.45. The Balaban J connectivity index is 2.92. The van der Waals surface area contributed by atoms with Gasteiger partial charge in [-0.3, -0.25) is 14.4 Å². The third-order valence-corrected chi connectivity index (χ3v) is 3.42. The minimum atomic E-state index is -1.26. The molecule has 0 aliphatic rings. The van der Waals surface area contributed by atoms with Crippen LogP contribution < -0.4 is 16.6 Å². The maximum Gasteiger partial charge on any atom is 0.326 e. The Bertz CT molecular complexity index is 653. The van der Waals surface area contributed by atoms with Crippen LogP contribution in [0.15, 0.2) is 23.1 Å². The molecule has 8 heteroatoms. The first-order chi connectivity index (χ1) is 10.8. The number of hydrogen-bond donors (Lipinski definition) is 3. The number of carboxylic acid groups (broad SMARTS) is 1. The van der Waals surface area contributed by atoms with Gasteiger partial charge in [-0.25, -0.2) is 4.79 Å². The van der Waals surface area contributed by atoms with E-state index in [1.807, 2.05) is 0 Å². The van der Waals surface area contributed by atoms with Crippen LogP contribution in [0.2, 0.25) is 0 Å². The molecule has 1 rings (SSSR count). The van der Waals surface area contributed by atoms with E-state index in [1.54, 1.807) is 19.9 Å². The molecule has 2 unspecified atom stereocenters. The van der Waals surface area contributed by atoms with Crippen molar-refractivity contribution in [2.45, 2.75) is 45.2 Å². The Hall–Kier alpha value is -2.64. The molecule has 0 aromatic carbocycles. The van der Waals surface area contributed by atoms with Crippen LogP contribution >= 0.6 is 0 Å². The summed E-state index contributed by atoms with van der Waals surface area (Å²) in [7, 11) is 0. The van der Waals surface area contributed by atoms with Gasteiger partial charge in [0.15, 0.2) is 0 Å². The number of pyridine rings is 1. The molecule has 0 radical (unpaired) electrons. The molecular formula is C15H21N3O5. The third kappa shape index (κ3) is 5.24. The Kier molecular flexibility index (Phi) is 6.49. The molecule has 0 spiro atoms. The minimum Gasteiger partial charge on any atom is -0.480 e. The molecule has 0 saturated heterocycles. The fraction of sp³-hybridized carbons (Fsp3) is 0.467. The van der Waals surface area contributed by atoms with E-state index in [4.69, 9.17) is 10.8 Å². The zero-order valence-corrected chi connectivity index (χ0v) is 13.1. The van der Waals surface area contributed by atoms with Crippen LogP contribution in [0.25, 0.3) is 0 Å². The Morgan fingerprint density at radius 2 is 2.04 bits per heavy atom. The smallest absolute Gasteiger partial charge is 0.326 e. The molecule has 126 valence electrons. The zero-order chi connectivity index (χ0) is 17.6. The number of carboxylic acids is 1. The van der Waals surface area contributed by atoms with Crippen molar-refractivity contribution in [2.75, 3.05) is 0 Å². The Morgan fingerprint density at radius 3 is 2.52 bits per heavy atom. The first-order valence-corrected chi connectivity index (χ1v) is 7.26. The summed E-state index contributed by atoms with van der Waals surface area (Å²) >= 11 is 0. The highest BCUT2D eigenvalue weighted by Crippen LogP contribution is 2.10. The van der Waals surface area contributed by atoms with E-state index in [9.17, 15) is 19.2 Å². The van der Waals surface area contributed by atoms with Crippen LogP contribution in [0.1, 0.15) is 37.8 Å². The summed E-state index contributed by atoms with van der Waals surface area (Å²) in [4.78, 5) is 46.2. The maximum absolute atomic E-state index is 12.3.